The first-order chi connectivity index (χ1) is 10.1. The van der Waals surface area contributed by atoms with Crippen LogP contribution >= 0.6 is 0 Å². The Kier molecular flexibility index (Phi) is 7.20. The van der Waals surface area contributed by atoms with Crippen molar-refractivity contribution >= 4 is 0 Å². The maximum Gasteiger partial charge on any atom is 0.115 e. The molecule has 1 unspecified atom stereocenters. The molecule has 120 valence electrons. The molecule has 2 N–H and O–H groups in total. The topological polar surface area (TPSA) is 35.5 Å². The number of likely N-dealkylation sites (N-methyl/N-ethyl adjacent to an activating group) is 2. The summed E-state index contributed by atoms with van der Waals surface area (Å²) in [6.45, 7) is 11.2. The highest BCUT2D eigenvalue weighted by molar-refractivity contribution is 5.27. The Morgan fingerprint density at radius 2 is 1.57 bits per heavy atom. The molecule has 1 aromatic rings. The number of nitrogens with zero attached hydrogens (tertiary/aromatic N) is 1. The van der Waals surface area contributed by atoms with Crippen molar-refractivity contribution in [3.8, 4) is 5.75 Å². The average Bonchev–Trinajstić information content (AvgIpc) is 2.52. The van der Waals surface area contributed by atoms with E-state index in [0.29, 0.717) is 11.8 Å². The van der Waals surface area contributed by atoms with Gasteiger partial charge in [-0.15, -0.1) is 0 Å². The van der Waals surface area contributed by atoms with Crippen LogP contribution < -0.4 is 5.32 Å². The van der Waals surface area contributed by atoms with Crippen molar-refractivity contribution in [2.75, 3.05) is 20.1 Å². The van der Waals surface area contributed by atoms with Gasteiger partial charge in [-0.1, -0.05) is 39.8 Å². The summed E-state index contributed by atoms with van der Waals surface area (Å²) < 4.78 is 0. The minimum atomic E-state index is 0.177. The van der Waals surface area contributed by atoms with E-state index < -0.39 is 0 Å². The summed E-state index contributed by atoms with van der Waals surface area (Å²) in [7, 11) is 2.06. The lowest BCUT2D eigenvalue weighted by Gasteiger charge is -2.48. The molecule has 1 rings (SSSR count). The number of hydrogen-bond donors (Lipinski definition) is 2. The van der Waals surface area contributed by atoms with Crippen molar-refractivity contribution < 1.29 is 5.11 Å². The van der Waals surface area contributed by atoms with Crippen molar-refractivity contribution in [1.82, 2.24) is 10.2 Å². The van der Waals surface area contributed by atoms with E-state index in [-0.39, 0.29) is 5.54 Å². The van der Waals surface area contributed by atoms with Crippen LogP contribution in [0.15, 0.2) is 24.3 Å². The Bertz CT molecular complexity index is 394. The summed E-state index contributed by atoms with van der Waals surface area (Å²) >= 11 is 0. The Morgan fingerprint density at radius 1 is 1.05 bits per heavy atom. The van der Waals surface area contributed by atoms with Crippen LogP contribution in [0, 0.1) is 0 Å². The highest BCUT2D eigenvalue weighted by Gasteiger charge is 2.38. The number of nitrogens with one attached hydrogen (secondary N) is 1. The average molecular weight is 292 g/mol. The van der Waals surface area contributed by atoms with Crippen LogP contribution in [-0.4, -0.2) is 41.7 Å². The highest BCUT2D eigenvalue weighted by atomic mass is 16.3. The van der Waals surface area contributed by atoms with Crippen LogP contribution in [0.1, 0.15) is 46.1 Å². The molecule has 3 heteroatoms. The van der Waals surface area contributed by atoms with Crippen LogP contribution in [0.5, 0.6) is 5.75 Å². The van der Waals surface area contributed by atoms with Crippen LogP contribution in [-0.2, 0) is 6.42 Å². The maximum atomic E-state index is 9.44. The van der Waals surface area contributed by atoms with Crippen LogP contribution in [0.25, 0.3) is 0 Å². The van der Waals surface area contributed by atoms with Crippen molar-refractivity contribution in [2.24, 2.45) is 0 Å². The summed E-state index contributed by atoms with van der Waals surface area (Å²) in [5.41, 5.74) is 1.45. The predicted octanol–water partition coefficient (Wildman–Crippen LogP) is 3.42. The fourth-order valence-electron chi connectivity index (χ4n) is 3.69. The van der Waals surface area contributed by atoms with Gasteiger partial charge in [-0.2, -0.15) is 0 Å². The molecule has 0 fully saturated rings. The molecule has 21 heavy (non-hydrogen) atoms. The van der Waals surface area contributed by atoms with Crippen LogP contribution in [0.2, 0.25) is 0 Å². The summed E-state index contributed by atoms with van der Waals surface area (Å²) in [5.74, 6) is 0.334. The number of rotatable bonds is 9. The molecule has 0 aliphatic rings. The molecule has 0 amide bonds. The molecule has 0 bridgehead atoms. The smallest absolute Gasteiger partial charge is 0.115 e. The molecular formula is C18H32N2O. The summed E-state index contributed by atoms with van der Waals surface area (Å²) in [6, 6.07) is 8.01. The van der Waals surface area contributed by atoms with E-state index in [1.165, 1.54) is 5.56 Å². The van der Waals surface area contributed by atoms with E-state index in [2.05, 4.69) is 45.0 Å². The molecule has 0 radical (unpaired) electrons. The molecule has 1 atom stereocenters. The molecule has 0 heterocycles. The van der Waals surface area contributed by atoms with Gasteiger partial charge in [0.2, 0.25) is 0 Å². The second kappa shape index (κ2) is 8.40. The number of hydrogen-bond acceptors (Lipinski definition) is 3. The third kappa shape index (κ3) is 3.98. The van der Waals surface area contributed by atoms with E-state index >= 15 is 0 Å². The van der Waals surface area contributed by atoms with Gasteiger partial charge in [0, 0.05) is 11.6 Å². The van der Waals surface area contributed by atoms with Gasteiger partial charge in [0.15, 0.2) is 0 Å². The van der Waals surface area contributed by atoms with E-state index in [4.69, 9.17) is 0 Å². The lowest BCUT2D eigenvalue weighted by atomic mass is 9.79. The summed E-state index contributed by atoms with van der Waals surface area (Å²) in [6.07, 6.45) is 3.25. The van der Waals surface area contributed by atoms with Crippen molar-refractivity contribution in [2.45, 2.75) is 58.5 Å². The van der Waals surface area contributed by atoms with Gasteiger partial charge < -0.3 is 10.4 Å². The van der Waals surface area contributed by atoms with Crippen molar-refractivity contribution in [1.29, 1.82) is 0 Å². The lowest BCUT2D eigenvalue weighted by molar-refractivity contribution is 0.0519. The largest absolute Gasteiger partial charge is 0.508 e. The minimum absolute atomic E-state index is 0.177. The number of benzene rings is 1. The fraction of sp³-hybridized carbons (Fsp3) is 0.667. The SMILES string of the molecule is CCN(CC)C(CC)(CC)C(Cc1ccc(O)cc1)NC. The molecule has 0 spiro atoms. The lowest BCUT2D eigenvalue weighted by Crippen LogP contribution is -2.61. The molecule has 0 saturated carbocycles. The van der Waals surface area contributed by atoms with Gasteiger partial charge in [-0.3, -0.25) is 4.90 Å². The zero-order chi connectivity index (χ0) is 15.9. The van der Waals surface area contributed by atoms with Crippen LogP contribution in [0.4, 0.5) is 0 Å². The quantitative estimate of drug-likeness (QED) is 0.732. The predicted molar refractivity (Wildman–Crippen MR) is 90.9 cm³/mol. The van der Waals surface area contributed by atoms with Gasteiger partial charge in [0.25, 0.3) is 0 Å². The zero-order valence-corrected chi connectivity index (χ0v) is 14.3. The monoisotopic (exact) mass is 292 g/mol. The number of phenolic OH excluding ortho intramolecular Hbond substituents is 1. The second-order valence-electron chi connectivity index (χ2n) is 5.69. The first kappa shape index (κ1) is 18.0. The molecular weight excluding hydrogens is 260 g/mol. The van der Waals surface area contributed by atoms with E-state index in [1.54, 1.807) is 12.1 Å². The normalized spacial score (nSPS) is 13.6. The molecule has 0 aliphatic carbocycles. The Morgan fingerprint density at radius 3 is 1.95 bits per heavy atom. The first-order valence-electron chi connectivity index (χ1n) is 8.28. The van der Waals surface area contributed by atoms with Gasteiger partial charge >= 0.3 is 0 Å². The Labute approximate surface area is 130 Å². The Hall–Kier alpha value is -1.06. The molecule has 0 saturated heterocycles. The van der Waals surface area contributed by atoms with E-state index in [1.807, 2.05) is 12.1 Å². The second-order valence-corrected chi connectivity index (χ2v) is 5.69. The zero-order valence-electron chi connectivity index (χ0n) is 14.3. The van der Waals surface area contributed by atoms with Gasteiger partial charge in [-0.05, 0) is 57.1 Å². The molecule has 0 aromatic heterocycles. The third-order valence-corrected chi connectivity index (χ3v) is 4.99. The summed E-state index contributed by atoms with van der Waals surface area (Å²) in [4.78, 5) is 2.59. The van der Waals surface area contributed by atoms with E-state index in [9.17, 15) is 5.11 Å². The van der Waals surface area contributed by atoms with Gasteiger partial charge in [-0.25, -0.2) is 0 Å². The highest BCUT2D eigenvalue weighted by Crippen LogP contribution is 2.30. The fourth-order valence-corrected chi connectivity index (χ4v) is 3.69. The maximum absolute atomic E-state index is 9.44. The van der Waals surface area contributed by atoms with Crippen molar-refractivity contribution in [3.63, 3.8) is 0 Å². The van der Waals surface area contributed by atoms with Crippen LogP contribution in [0.3, 0.4) is 0 Å². The third-order valence-electron chi connectivity index (χ3n) is 4.99. The molecule has 0 aliphatic heterocycles. The van der Waals surface area contributed by atoms with Gasteiger partial charge in [0.05, 0.1) is 0 Å². The standard InChI is InChI=1S/C18H32N2O/c1-6-18(7-2,20(8-3)9-4)17(19-5)14-15-10-12-16(21)13-11-15/h10-13,17,19,21H,6-9,14H2,1-5H3. The summed E-state index contributed by atoms with van der Waals surface area (Å²) in [5, 5.41) is 13.0. The van der Waals surface area contributed by atoms with E-state index in [0.717, 1.165) is 32.4 Å². The van der Waals surface area contributed by atoms with Crippen molar-refractivity contribution in [3.05, 3.63) is 29.8 Å². The number of aromatic hydroxyl groups is 1. The van der Waals surface area contributed by atoms with Gasteiger partial charge in [0.1, 0.15) is 5.75 Å². The number of phenols is 1. The minimum Gasteiger partial charge on any atom is -0.508 e. The first-order valence-corrected chi connectivity index (χ1v) is 8.28. The Balaban J connectivity index is 3.04. The molecule has 3 nitrogen and oxygen atoms in total. The molecule has 1 aromatic carbocycles.